The third-order valence-electron chi connectivity index (χ3n) is 8.84. The maximum atomic E-state index is 12.7. The maximum Gasteiger partial charge on any atom is 0.298 e. The van der Waals surface area contributed by atoms with Gasteiger partial charge in [-0.15, -0.1) is 0 Å². The Kier molecular flexibility index (Phi) is 6.68. The van der Waals surface area contributed by atoms with Gasteiger partial charge in [0.25, 0.3) is 5.91 Å². The van der Waals surface area contributed by atoms with Crippen molar-refractivity contribution < 1.29 is 4.79 Å². The zero-order valence-electron chi connectivity index (χ0n) is 24.1. The Morgan fingerprint density at radius 1 is 1.00 bits per heavy atom. The lowest BCUT2D eigenvalue weighted by atomic mass is 9.73. The highest BCUT2D eigenvalue weighted by molar-refractivity contribution is 5.94. The van der Waals surface area contributed by atoms with Crippen molar-refractivity contribution in [3.05, 3.63) is 90.1 Å². The molecule has 0 spiro atoms. The van der Waals surface area contributed by atoms with E-state index in [0.717, 1.165) is 83.4 Å². The highest BCUT2D eigenvalue weighted by Crippen LogP contribution is 2.40. The maximum absolute atomic E-state index is 12.7. The number of hydrogen-bond acceptors (Lipinski definition) is 6. The summed E-state index contributed by atoms with van der Waals surface area (Å²) in [4.78, 5) is 29.0. The van der Waals surface area contributed by atoms with E-state index in [1.807, 2.05) is 39.8 Å². The molecule has 1 saturated carbocycles. The van der Waals surface area contributed by atoms with Crippen molar-refractivity contribution in [3.63, 3.8) is 0 Å². The minimum atomic E-state index is -0.245. The molecule has 2 fully saturated rings. The van der Waals surface area contributed by atoms with Gasteiger partial charge in [0.2, 0.25) is 0 Å². The van der Waals surface area contributed by atoms with Gasteiger partial charge in [-0.05, 0) is 98.5 Å². The number of rotatable bonds is 5. The van der Waals surface area contributed by atoms with Crippen LogP contribution < -0.4 is 11.5 Å². The molecule has 1 unspecified atom stereocenters. The molecule has 1 amide bonds. The molecule has 8 heteroatoms. The van der Waals surface area contributed by atoms with E-state index in [1.165, 1.54) is 0 Å². The predicted octanol–water partition coefficient (Wildman–Crippen LogP) is 5.76. The highest BCUT2D eigenvalue weighted by atomic mass is 16.2. The molecule has 214 valence electrons. The summed E-state index contributed by atoms with van der Waals surface area (Å²) in [5, 5.41) is 0. The van der Waals surface area contributed by atoms with Crippen LogP contribution in [-0.2, 0) is 10.3 Å². The summed E-state index contributed by atoms with van der Waals surface area (Å²) < 4.78 is 2.05. The van der Waals surface area contributed by atoms with Crippen molar-refractivity contribution in [2.24, 2.45) is 5.73 Å². The molecule has 3 aromatic heterocycles. The van der Waals surface area contributed by atoms with Crippen LogP contribution in [0.3, 0.4) is 0 Å². The first-order valence-electron chi connectivity index (χ1n) is 14.8. The molecule has 1 aliphatic heterocycles. The lowest BCUT2D eigenvalue weighted by molar-refractivity contribution is -0.126. The number of nitrogens with zero attached hydrogens (tertiary/aromatic N) is 5. The van der Waals surface area contributed by atoms with Crippen LogP contribution in [0.25, 0.3) is 39.5 Å². The molecule has 0 radical (unpaired) electrons. The lowest BCUT2D eigenvalue weighted by Gasteiger charge is -2.38. The number of anilines is 1. The Hall–Kier alpha value is -5.00. The normalized spacial score (nSPS) is 17.3. The second kappa shape index (κ2) is 10.7. The third-order valence-corrected chi connectivity index (χ3v) is 8.84. The van der Waals surface area contributed by atoms with Gasteiger partial charge in [0.15, 0.2) is 11.5 Å². The third kappa shape index (κ3) is 4.72. The van der Waals surface area contributed by atoms with Gasteiger partial charge in [0.1, 0.15) is 11.3 Å². The van der Waals surface area contributed by atoms with Crippen molar-refractivity contribution in [1.82, 2.24) is 24.4 Å². The van der Waals surface area contributed by atoms with E-state index in [9.17, 15) is 4.79 Å². The molecule has 4 heterocycles. The van der Waals surface area contributed by atoms with Crippen LogP contribution >= 0.6 is 0 Å². The van der Waals surface area contributed by atoms with Gasteiger partial charge in [-0.3, -0.25) is 9.36 Å². The van der Waals surface area contributed by atoms with Crippen LogP contribution in [0.5, 0.6) is 0 Å². The summed E-state index contributed by atoms with van der Waals surface area (Å²) in [6.07, 6.45) is 6.71. The smallest absolute Gasteiger partial charge is 0.298 e. The zero-order chi connectivity index (χ0) is 29.6. The zero-order valence-corrected chi connectivity index (χ0v) is 24.1. The second-order valence-corrected chi connectivity index (χ2v) is 11.5. The van der Waals surface area contributed by atoms with Crippen molar-refractivity contribution in [3.8, 4) is 40.2 Å². The average Bonchev–Trinajstić information content (AvgIpc) is 3.66. The lowest BCUT2D eigenvalue weighted by Crippen LogP contribution is -2.43. The molecule has 1 aliphatic carbocycles. The van der Waals surface area contributed by atoms with Crippen LogP contribution in [0.15, 0.2) is 79.0 Å². The molecular formula is C35H33N7O. The summed E-state index contributed by atoms with van der Waals surface area (Å²) in [6.45, 7) is 2.41. The van der Waals surface area contributed by atoms with Crippen LogP contribution in [0.2, 0.25) is 0 Å². The minimum Gasteiger partial charge on any atom is -0.383 e. The number of imidazole rings is 1. The first-order chi connectivity index (χ1) is 20.9. The van der Waals surface area contributed by atoms with Gasteiger partial charge in [-0.2, -0.15) is 0 Å². The Morgan fingerprint density at radius 2 is 1.84 bits per heavy atom. The van der Waals surface area contributed by atoms with E-state index in [0.29, 0.717) is 11.6 Å². The number of nitrogen functional groups attached to an aromatic ring is 1. The summed E-state index contributed by atoms with van der Waals surface area (Å²) in [7, 11) is 0. The summed E-state index contributed by atoms with van der Waals surface area (Å²) in [5.41, 5.74) is 19.9. The quantitative estimate of drug-likeness (QED) is 0.261. The van der Waals surface area contributed by atoms with Gasteiger partial charge >= 0.3 is 0 Å². The molecular weight excluding hydrogens is 534 g/mol. The first-order valence-corrected chi connectivity index (χ1v) is 14.8. The number of hydrogen-bond donors (Lipinski definition) is 2. The van der Waals surface area contributed by atoms with Crippen LogP contribution in [0.4, 0.5) is 5.82 Å². The van der Waals surface area contributed by atoms with E-state index in [-0.39, 0.29) is 17.5 Å². The van der Waals surface area contributed by atoms with E-state index in [1.54, 1.807) is 13.1 Å². The molecule has 2 aromatic carbocycles. The van der Waals surface area contributed by atoms with Crippen molar-refractivity contribution in [1.29, 1.82) is 0 Å². The summed E-state index contributed by atoms with van der Waals surface area (Å²) in [5.74, 6) is 6.41. The van der Waals surface area contributed by atoms with Gasteiger partial charge in [-0.1, -0.05) is 36.3 Å². The molecule has 1 atom stereocenters. The fourth-order valence-electron chi connectivity index (χ4n) is 6.38. The van der Waals surface area contributed by atoms with Crippen LogP contribution in [0.1, 0.15) is 56.2 Å². The SMILES string of the molecule is CC#CC(=O)N1CCCC1c1cccc(-c2ccc3nc(-c4cccnc4N)n(-c4ccc(C5(N)CCC5)cc4)c3n2)c1. The Balaban J connectivity index is 1.33. The number of amides is 1. The number of carbonyl (C=O) groups is 1. The summed E-state index contributed by atoms with van der Waals surface area (Å²) in [6, 6.07) is 24.5. The predicted molar refractivity (Wildman–Crippen MR) is 169 cm³/mol. The number of fused-ring (bicyclic) bond motifs is 1. The molecule has 4 N–H and O–H groups in total. The Morgan fingerprint density at radius 3 is 2.58 bits per heavy atom. The fourth-order valence-corrected chi connectivity index (χ4v) is 6.38. The molecule has 0 bridgehead atoms. The monoisotopic (exact) mass is 567 g/mol. The second-order valence-electron chi connectivity index (χ2n) is 11.5. The van der Waals surface area contributed by atoms with E-state index >= 15 is 0 Å². The fraction of sp³-hybridized carbons (Fsp3) is 0.257. The van der Waals surface area contributed by atoms with E-state index < -0.39 is 0 Å². The molecule has 1 saturated heterocycles. The minimum absolute atomic E-state index is 0.00254. The van der Waals surface area contributed by atoms with E-state index in [4.69, 9.17) is 21.4 Å². The first kappa shape index (κ1) is 26.9. The molecule has 7 rings (SSSR count). The number of pyridine rings is 2. The number of benzene rings is 2. The topological polar surface area (TPSA) is 116 Å². The molecule has 5 aromatic rings. The number of likely N-dealkylation sites (tertiary alicyclic amines) is 1. The van der Waals surface area contributed by atoms with Gasteiger partial charge < -0.3 is 16.4 Å². The van der Waals surface area contributed by atoms with Gasteiger partial charge in [-0.25, -0.2) is 15.0 Å². The number of nitrogens with two attached hydrogens (primary N) is 2. The Bertz CT molecular complexity index is 1910. The average molecular weight is 568 g/mol. The van der Waals surface area contributed by atoms with Crippen LogP contribution in [-0.4, -0.2) is 36.9 Å². The van der Waals surface area contributed by atoms with Crippen molar-refractivity contribution in [2.75, 3.05) is 12.3 Å². The molecule has 2 aliphatic rings. The molecule has 43 heavy (non-hydrogen) atoms. The highest BCUT2D eigenvalue weighted by Gasteiger charge is 2.34. The van der Waals surface area contributed by atoms with Crippen molar-refractivity contribution in [2.45, 2.75) is 50.6 Å². The Labute approximate surface area is 250 Å². The van der Waals surface area contributed by atoms with Crippen molar-refractivity contribution >= 4 is 22.9 Å². The van der Waals surface area contributed by atoms with Gasteiger partial charge in [0.05, 0.1) is 17.3 Å². The van der Waals surface area contributed by atoms with Crippen LogP contribution in [0, 0.1) is 11.8 Å². The number of aromatic nitrogens is 4. The largest absolute Gasteiger partial charge is 0.383 e. The summed E-state index contributed by atoms with van der Waals surface area (Å²) >= 11 is 0. The van der Waals surface area contributed by atoms with E-state index in [2.05, 4.69) is 59.3 Å². The van der Waals surface area contributed by atoms with Gasteiger partial charge in [0, 0.05) is 29.5 Å². The number of carbonyl (C=O) groups excluding carboxylic acids is 1. The molecule has 8 nitrogen and oxygen atoms in total. The standard InChI is InChI=1S/C35H33N7O/c1-2-7-31(43)41-21-5-11-30(41)24-9-3-8-23(22-24)28-16-17-29-34(39-28)42(33(40-29)27-10-4-20-38-32(27)36)26-14-12-25(13-15-26)35(37)18-6-19-35/h3-4,8-10,12-17,20,22,30H,5-6,11,18-19,21,37H2,1H3,(H2,36,38).